The Kier molecular flexibility index (Phi) is 7.59. The summed E-state index contributed by atoms with van der Waals surface area (Å²) in [7, 11) is 1.67. The van der Waals surface area contributed by atoms with Crippen molar-refractivity contribution in [1.29, 1.82) is 0 Å². The van der Waals surface area contributed by atoms with Gasteiger partial charge in [0, 0.05) is 24.7 Å². The number of rotatable bonds is 6. The molecule has 2 aliphatic heterocycles. The molecule has 4 heterocycles. The molecule has 1 amide bonds. The first-order valence-corrected chi connectivity index (χ1v) is 13.8. The van der Waals surface area contributed by atoms with Crippen molar-refractivity contribution in [1.82, 2.24) is 24.4 Å². The lowest BCUT2D eigenvalue weighted by Gasteiger charge is -2.34. The quantitative estimate of drug-likeness (QED) is 0.464. The number of carbonyl (C=O) groups is 1. The smallest absolute Gasteiger partial charge is 0.410 e. The summed E-state index contributed by atoms with van der Waals surface area (Å²) in [5.74, 6) is 2.61. The van der Waals surface area contributed by atoms with Crippen LogP contribution in [-0.2, 0) is 17.7 Å². The monoisotopic (exact) mass is 549 g/mol. The third-order valence-electron chi connectivity index (χ3n) is 7.50. The van der Waals surface area contributed by atoms with Crippen LogP contribution in [0.1, 0.15) is 56.0 Å². The van der Waals surface area contributed by atoms with E-state index in [4.69, 9.17) is 19.4 Å². The summed E-state index contributed by atoms with van der Waals surface area (Å²) in [6, 6.07) is 4.08. The second kappa shape index (κ2) is 11.0. The Morgan fingerprint density at radius 3 is 2.73 bits per heavy atom. The minimum Gasteiger partial charge on any atom is -0.496 e. The van der Waals surface area contributed by atoms with Crippen LogP contribution in [0.15, 0.2) is 24.7 Å². The van der Waals surface area contributed by atoms with Gasteiger partial charge >= 0.3 is 6.09 Å². The second-order valence-corrected chi connectivity index (χ2v) is 11.5. The van der Waals surface area contributed by atoms with E-state index in [-0.39, 0.29) is 18.7 Å². The average molecular weight is 550 g/mol. The first-order valence-electron chi connectivity index (χ1n) is 13.8. The number of aromatic nitrogens is 4. The fourth-order valence-electron chi connectivity index (χ4n) is 5.30. The van der Waals surface area contributed by atoms with Crippen LogP contribution in [0.5, 0.6) is 5.75 Å². The third-order valence-corrected chi connectivity index (χ3v) is 7.50. The largest absolute Gasteiger partial charge is 0.496 e. The lowest BCUT2D eigenvalue weighted by Crippen LogP contribution is -2.41. The molecule has 2 N–H and O–H groups in total. The lowest BCUT2D eigenvalue weighted by molar-refractivity contribution is 0.0221. The topological polar surface area (TPSA) is 118 Å². The molecule has 1 fully saturated rings. The number of fused-ring (bicyclic) bond motifs is 1. The minimum absolute atomic E-state index is 0.00898. The van der Waals surface area contributed by atoms with Gasteiger partial charge in [0.2, 0.25) is 5.95 Å². The number of benzene rings is 1. The van der Waals surface area contributed by atoms with Gasteiger partial charge in [0.25, 0.3) is 0 Å². The van der Waals surface area contributed by atoms with Gasteiger partial charge in [-0.25, -0.2) is 14.8 Å². The molecule has 2 aliphatic rings. The maximum Gasteiger partial charge on any atom is 0.410 e. The van der Waals surface area contributed by atoms with Crippen molar-refractivity contribution in [3.63, 3.8) is 0 Å². The Morgan fingerprint density at radius 1 is 1.20 bits per heavy atom. The molecule has 0 aliphatic carbocycles. The Balaban J connectivity index is 1.46. The van der Waals surface area contributed by atoms with E-state index in [1.165, 1.54) is 0 Å². The molecule has 11 heteroatoms. The van der Waals surface area contributed by atoms with Gasteiger partial charge in [0.15, 0.2) is 5.82 Å². The fraction of sp³-hybridized carbons (Fsp3) is 0.517. The van der Waals surface area contributed by atoms with Crippen LogP contribution >= 0.6 is 0 Å². The normalized spacial score (nSPS) is 17.1. The van der Waals surface area contributed by atoms with E-state index in [1.54, 1.807) is 18.3 Å². The Labute approximate surface area is 235 Å². The summed E-state index contributed by atoms with van der Waals surface area (Å²) < 4.78 is 13.1. The first kappa shape index (κ1) is 27.7. The van der Waals surface area contributed by atoms with Gasteiger partial charge in [-0.15, -0.1) is 0 Å². The zero-order valence-electron chi connectivity index (χ0n) is 24.2. The number of ether oxygens (including phenoxy) is 2. The van der Waals surface area contributed by atoms with Crippen LogP contribution < -0.4 is 15.0 Å². The highest BCUT2D eigenvalue weighted by Crippen LogP contribution is 2.33. The van der Waals surface area contributed by atoms with E-state index < -0.39 is 5.60 Å². The van der Waals surface area contributed by atoms with E-state index in [9.17, 15) is 9.90 Å². The van der Waals surface area contributed by atoms with Crippen molar-refractivity contribution in [3.8, 4) is 11.4 Å². The number of anilines is 3. The maximum atomic E-state index is 12.8. The average Bonchev–Trinajstić information content (AvgIpc) is 3.58. The lowest BCUT2D eigenvalue weighted by atomic mass is 10.0. The van der Waals surface area contributed by atoms with E-state index in [0.29, 0.717) is 31.3 Å². The summed E-state index contributed by atoms with van der Waals surface area (Å²) in [6.07, 6.45) is 5.77. The van der Waals surface area contributed by atoms with Crippen LogP contribution in [0.2, 0.25) is 0 Å². The van der Waals surface area contributed by atoms with Gasteiger partial charge in [-0.1, -0.05) is 0 Å². The Morgan fingerprint density at radius 2 is 2.00 bits per heavy atom. The van der Waals surface area contributed by atoms with Gasteiger partial charge in [-0.3, -0.25) is 0 Å². The highest BCUT2D eigenvalue weighted by Gasteiger charge is 2.33. The predicted octanol–water partition coefficient (Wildman–Crippen LogP) is 4.29. The van der Waals surface area contributed by atoms with E-state index in [1.807, 2.05) is 44.5 Å². The number of imidazole rings is 1. The van der Waals surface area contributed by atoms with Gasteiger partial charge in [-0.05, 0) is 71.1 Å². The van der Waals surface area contributed by atoms with Crippen molar-refractivity contribution in [2.24, 2.45) is 0 Å². The van der Waals surface area contributed by atoms with Crippen molar-refractivity contribution in [2.45, 2.75) is 72.1 Å². The number of carbonyl (C=O) groups excluding carboxylic acids is 1. The van der Waals surface area contributed by atoms with E-state index in [0.717, 1.165) is 59.0 Å². The highest BCUT2D eigenvalue weighted by atomic mass is 16.6. The van der Waals surface area contributed by atoms with Gasteiger partial charge in [0.1, 0.15) is 23.5 Å². The number of aliphatic hydroxyl groups is 1. The van der Waals surface area contributed by atoms with E-state index >= 15 is 0 Å². The summed E-state index contributed by atoms with van der Waals surface area (Å²) in [4.78, 5) is 31.0. The molecule has 0 saturated carbocycles. The summed E-state index contributed by atoms with van der Waals surface area (Å²) in [5.41, 5.74) is 4.36. The van der Waals surface area contributed by atoms with Crippen LogP contribution in [0.4, 0.5) is 22.4 Å². The molecule has 1 aromatic carbocycles. The number of amides is 1. The molecule has 1 saturated heterocycles. The molecule has 3 aromatic rings. The molecule has 5 rings (SSSR count). The number of methoxy groups -OCH3 is 1. The summed E-state index contributed by atoms with van der Waals surface area (Å²) in [5, 5.41) is 13.3. The standard InChI is InChI=1S/C29H39N7O4/c1-18-12-21(13-24(39-6)19(18)2)35-15-25(30-17-35)32-27-31-23-14-34(28(38)40-29(3,4)5)11-9-22(23)26(33-27)36-10-7-8-20(36)16-37/h12-13,15,17,20,37H,7-11,14,16H2,1-6H3,(H,31,32,33)/t20-/m0/s1. The molecular weight excluding hydrogens is 510 g/mol. The van der Waals surface area contributed by atoms with Crippen LogP contribution in [0.3, 0.4) is 0 Å². The van der Waals surface area contributed by atoms with Crippen LogP contribution in [0, 0.1) is 13.8 Å². The van der Waals surface area contributed by atoms with Gasteiger partial charge in [-0.2, -0.15) is 4.98 Å². The fourth-order valence-corrected chi connectivity index (χ4v) is 5.30. The van der Waals surface area contributed by atoms with Crippen molar-refractivity contribution >= 4 is 23.7 Å². The predicted molar refractivity (Wildman–Crippen MR) is 153 cm³/mol. The van der Waals surface area contributed by atoms with E-state index in [2.05, 4.69) is 28.2 Å². The molecule has 0 bridgehead atoms. The molecule has 11 nitrogen and oxygen atoms in total. The van der Waals surface area contributed by atoms with Crippen LogP contribution in [-0.4, -0.2) is 74.1 Å². The molecule has 0 unspecified atom stereocenters. The molecule has 0 spiro atoms. The SMILES string of the molecule is COc1cc(-n2cnc(Nc3nc4c(c(N5CCC[C@H]5CO)n3)CCN(C(=O)OC(C)(C)C)C4)c2)cc(C)c1C. The number of nitrogens with one attached hydrogen (secondary N) is 1. The zero-order valence-corrected chi connectivity index (χ0v) is 24.2. The van der Waals surface area contributed by atoms with Crippen molar-refractivity contribution < 1.29 is 19.4 Å². The molecule has 0 radical (unpaired) electrons. The first-order chi connectivity index (χ1) is 19.1. The zero-order chi connectivity index (χ0) is 28.6. The van der Waals surface area contributed by atoms with Gasteiger partial charge < -0.3 is 34.3 Å². The van der Waals surface area contributed by atoms with Crippen molar-refractivity contribution in [3.05, 3.63) is 47.0 Å². The highest BCUT2D eigenvalue weighted by molar-refractivity contribution is 5.69. The van der Waals surface area contributed by atoms with Crippen molar-refractivity contribution in [2.75, 3.05) is 37.0 Å². The second-order valence-electron chi connectivity index (χ2n) is 11.5. The molecule has 2 aromatic heterocycles. The minimum atomic E-state index is -0.580. The molecule has 1 atom stereocenters. The van der Waals surface area contributed by atoms with Crippen LogP contribution in [0.25, 0.3) is 5.69 Å². The Hall–Kier alpha value is -3.86. The molecule has 214 valence electrons. The molecule has 40 heavy (non-hydrogen) atoms. The third kappa shape index (κ3) is 5.70. The molecular formula is C29H39N7O4. The number of nitrogens with zero attached hydrogens (tertiary/aromatic N) is 6. The maximum absolute atomic E-state index is 12.8. The number of aliphatic hydroxyl groups excluding tert-OH is 1. The summed E-state index contributed by atoms with van der Waals surface area (Å²) in [6.45, 7) is 11.4. The summed E-state index contributed by atoms with van der Waals surface area (Å²) >= 11 is 0. The Bertz CT molecular complexity index is 1400. The number of hydrogen-bond acceptors (Lipinski definition) is 9. The number of aryl methyl sites for hydroxylation is 1. The van der Waals surface area contributed by atoms with Gasteiger partial charge in [0.05, 0.1) is 43.9 Å². The number of hydrogen-bond donors (Lipinski definition) is 2.